The largest absolute Gasteiger partial charge is 0.0654 e. The summed E-state index contributed by atoms with van der Waals surface area (Å²) in [7, 11) is 0. The molecule has 0 spiro atoms. The van der Waals surface area contributed by atoms with Crippen molar-refractivity contribution in [2.24, 2.45) is 0 Å². The molecule has 0 heteroatoms. The molecule has 0 aromatic rings. The fourth-order valence-electron chi connectivity index (χ4n) is 3.33. The molecule has 0 bridgehead atoms. The first-order valence-electron chi connectivity index (χ1n) is 11.2. The van der Waals surface area contributed by atoms with E-state index in [1.54, 1.807) is 0 Å². The van der Waals surface area contributed by atoms with Crippen LogP contribution in [-0.4, -0.2) is 0 Å². The molecule has 0 amide bonds. The van der Waals surface area contributed by atoms with Crippen LogP contribution >= 0.6 is 0 Å². The first kappa shape index (κ1) is 23.0. The van der Waals surface area contributed by atoms with Crippen LogP contribution in [0.1, 0.15) is 142 Å². The molecular weight excluding hydrogens is 276 g/mol. The van der Waals surface area contributed by atoms with Crippen LogP contribution in [0, 0.1) is 6.42 Å². The molecule has 0 aromatic carbocycles. The lowest BCUT2D eigenvalue weighted by atomic mass is 10.0. The van der Waals surface area contributed by atoms with Gasteiger partial charge in [-0.15, -0.1) is 0 Å². The standard InChI is InChI=1S/C23H47/c1-3-5-7-9-11-13-15-17-19-21-23-22-20-18-16-14-12-10-8-6-4-2/h9H,3-8,10-23H2,1-2H3. The Morgan fingerprint density at radius 1 is 0.348 bits per heavy atom. The normalized spacial score (nSPS) is 11.2. The van der Waals surface area contributed by atoms with Gasteiger partial charge in [-0.3, -0.25) is 0 Å². The summed E-state index contributed by atoms with van der Waals surface area (Å²) in [6, 6.07) is 0. The van der Waals surface area contributed by atoms with E-state index in [2.05, 4.69) is 20.3 Å². The van der Waals surface area contributed by atoms with Crippen LogP contribution in [0.15, 0.2) is 0 Å². The lowest BCUT2D eigenvalue weighted by Crippen LogP contribution is -1.84. The minimum Gasteiger partial charge on any atom is -0.0654 e. The van der Waals surface area contributed by atoms with Crippen LogP contribution in [0.4, 0.5) is 0 Å². The molecule has 0 heterocycles. The van der Waals surface area contributed by atoms with Gasteiger partial charge in [0.25, 0.3) is 0 Å². The van der Waals surface area contributed by atoms with E-state index < -0.39 is 0 Å². The molecule has 23 heavy (non-hydrogen) atoms. The molecule has 0 rings (SSSR count). The van der Waals surface area contributed by atoms with Crippen molar-refractivity contribution in [1.82, 2.24) is 0 Å². The zero-order valence-electron chi connectivity index (χ0n) is 16.7. The molecule has 0 saturated heterocycles. The third-order valence-corrected chi connectivity index (χ3v) is 5.02. The molecule has 0 N–H and O–H groups in total. The Balaban J connectivity index is 2.92. The molecule has 0 aromatic heterocycles. The number of rotatable bonds is 20. The van der Waals surface area contributed by atoms with Gasteiger partial charge in [0.05, 0.1) is 0 Å². The molecule has 0 aliphatic heterocycles. The minimum absolute atomic E-state index is 1.34. The van der Waals surface area contributed by atoms with Crippen molar-refractivity contribution in [3.63, 3.8) is 0 Å². The molecule has 0 saturated carbocycles. The SMILES string of the molecule is CCCC[CH]CCCCCCCCCCCCCCCCCC. The van der Waals surface area contributed by atoms with E-state index in [4.69, 9.17) is 0 Å². The highest BCUT2D eigenvalue weighted by Gasteiger charge is 1.95. The Kier molecular flexibility index (Phi) is 22.0. The van der Waals surface area contributed by atoms with E-state index in [0.29, 0.717) is 0 Å². The summed E-state index contributed by atoms with van der Waals surface area (Å²) in [5.41, 5.74) is 0. The molecule has 0 atom stereocenters. The van der Waals surface area contributed by atoms with Crippen molar-refractivity contribution < 1.29 is 0 Å². The third-order valence-electron chi connectivity index (χ3n) is 5.02. The average molecular weight is 324 g/mol. The molecule has 139 valence electrons. The van der Waals surface area contributed by atoms with E-state index in [9.17, 15) is 0 Å². The van der Waals surface area contributed by atoms with Gasteiger partial charge in [-0.25, -0.2) is 0 Å². The first-order valence-corrected chi connectivity index (χ1v) is 11.2. The summed E-state index contributed by atoms with van der Waals surface area (Å²) in [6.07, 6.45) is 31.4. The van der Waals surface area contributed by atoms with E-state index in [1.807, 2.05) is 0 Å². The second-order valence-electron chi connectivity index (χ2n) is 7.52. The Hall–Kier alpha value is 0. The maximum absolute atomic E-state index is 2.51. The van der Waals surface area contributed by atoms with Crippen molar-refractivity contribution in [2.75, 3.05) is 0 Å². The van der Waals surface area contributed by atoms with Gasteiger partial charge in [-0.1, -0.05) is 142 Å². The third kappa shape index (κ3) is 22.0. The Labute approximate surface area is 149 Å². The average Bonchev–Trinajstić information content (AvgIpc) is 2.57. The van der Waals surface area contributed by atoms with Crippen molar-refractivity contribution >= 4 is 0 Å². The summed E-state index contributed by atoms with van der Waals surface area (Å²) in [6.45, 7) is 4.58. The zero-order valence-corrected chi connectivity index (χ0v) is 16.7. The van der Waals surface area contributed by atoms with Crippen LogP contribution < -0.4 is 0 Å². The molecule has 1 radical (unpaired) electrons. The van der Waals surface area contributed by atoms with Crippen LogP contribution in [0.3, 0.4) is 0 Å². The maximum atomic E-state index is 2.51. The number of hydrogen-bond donors (Lipinski definition) is 0. The molecular formula is C23H47. The van der Waals surface area contributed by atoms with E-state index in [1.165, 1.54) is 128 Å². The van der Waals surface area contributed by atoms with Crippen molar-refractivity contribution in [3.8, 4) is 0 Å². The quantitative estimate of drug-likeness (QED) is 0.196. The molecule has 0 unspecified atom stereocenters. The fraction of sp³-hybridized carbons (Fsp3) is 0.957. The second-order valence-corrected chi connectivity index (χ2v) is 7.52. The highest BCUT2D eigenvalue weighted by Crippen LogP contribution is 2.14. The van der Waals surface area contributed by atoms with E-state index >= 15 is 0 Å². The highest BCUT2D eigenvalue weighted by atomic mass is 14.0. The fourth-order valence-corrected chi connectivity index (χ4v) is 3.33. The van der Waals surface area contributed by atoms with Gasteiger partial charge in [-0.05, 0) is 6.42 Å². The highest BCUT2D eigenvalue weighted by molar-refractivity contribution is 4.63. The number of hydrogen-bond acceptors (Lipinski definition) is 0. The van der Waals surface area contributed by atoms with Crippen LogP contribution in [0.25, 0.3) is 0 Å². The van der Waals surface area contributed by atoms with Crippen molar-refractivity contribution in [3.05, 3.63) is 6.42 Å². The van der Waals surface area contributed by atoms with Crippen molar-refractivity contribution in [2.45, 2.75) is 142 Å². The van der Waals surface area contributed by atoms with Crippen molar-refractivity contribution in [1.29, 1.82) is 0 Å². The summed E-state index contributed by atoms with van der Waals surface area (Å²) in [5, 5.41) is 0. The monoisotopic (exact) mass is 323 g/mol. The predicted octanol–water partition coefficient (Wildman–Crippen LogP) is 9.03. The topological polar surface area (TPSA) is 0 Å². The van der Waals surface area contributed by atoms with Gasteiger partial charge in [0.1, 0.15) is 0 Å². The smallest absolute Gasteiger partial charge is 0.0386 e. The van der Waals surface area contributed by atoms with Crippen LogP contribution in [0.5, 0.6) is 0 Å². The Morgan fingerprint density at radius 3 is 1.04 bits per heavy atom. The van der Waals surface area contributed by atoms with Gasteiger partial charge in [0, 0.05) is 0 Å². The summed E-state index contributed by atoms with van der Waals surface area (Å²) >= 11 is 0. The minimum atomic E-state index is 1.34. The van der Waals surface area contributed by atoms with Gasteiger partial charge >= 0.3 is 0 Å². The maximum Gasteiger partial charge on any atom is -0.0386 e. The van der Waals surface area contributed by atoms with Gasteiger partial charge < -0.3 is 0 Å². The molecule has 0 nitrogen and oxygen atoms in total. The summed E-state index contributed by atoms with van der Waals surface area (Å²) < 4.78 is 0. The molecule has 0 fully saturated rings. The van der Waals surface area contributed by atoms with Gasteiger partial charge in [0.2, 0.25) is 0 Å². The summed E-state index contributed by atoms with van der Waals surface area (Å²) in [5.74, 6) is 0. The summed E-state index contributed by atoms with van der Waals surface area (Å²) in [4.78, 5) is 0. The van der Waals surface area contributed by atoms with Crippen LogP contribution in [-0.2, 0) is 0 Å². The first-order chi connectivity index (χ1) is 11.4. The predicted molar refractivity (Wildman–Crippen MR) is 108 cm³/mol. The van der Waals surface area contributed by atoms with Crippen LogP contribution in [0.2, 0.25) is 0 Å². The second kappa shape index (κ2) is 22.0. The molecule has 0 aliphatic rings. The number of unbranched alkanes of at least 4 members (excludes halogenated alkanes) is 20. The lowest BCUT2D eigenvalue weighted by Gasteiger charge is -2.03. The van der Waals surface area contributed by atoms with Gasteiger partial charge in [-0.2, -0.15) is 0 Å². The van der Waals surface area contributed by atoms with E-state index in [0.717, 1.165) is 0 Å². The lowest BCUT2D eigenvalue weighted by molar-refractivity contribution is 0.528. The van der Waals surface area contributed by atoms with Gasteiger partial charge in [0.15, 0.2) is 0 Å². The molecule has 0 aliphatic carbocycles. The van der Waals surface area contributed by atoms with E-state index in [-0.39, 0.29) is 0 Å². The Bertz CT molecular complexity index is 164. The Morgan fingerprint density at radius 2 is 0.652 bits per heavy atom. The zero-order chi connectivity index (χ0) is 16.8.